The number of hydrogen-bond acceptors (Lipinski definition) is 4. The number of likely N-dealkylation sites (N-methyl/N-ethyl adjacent to an activating group) is 1. The number of nitrogens with zero attached hydrogens (tertiary/aromatic N) is 2. The average molecular weight is 728 g/mol. The van der Waals surface area contributed by atoms with Gasteiger partial charge in [0.15, 0.2) is 0 Å². The number of carbonyl (C=O) groups excluding carboxylic acids is 3. The van der Waals surface area contributed by atoms with E-state index >= 15 is 0 Å². The summed E-state index contributed by atoms with van der Waals surface area (Å²) in [6, 6.07) is 19.9. The van der Waals surface area contributed by atoms with Crippen LogP contribution in [0.25, 0.3) is 0 Å². The highest BCUT2D eigenvalue weighted by Crippen LogP contribution is 2.43. The van der Waals surface area contributed by atoms with Crippen LogP contribution >= 0.6 is 43.5 Å². The van der Waals surface area contributed by atoms with E-state index in [0.717, 1.165) is 86.4 Å². The molecule has 2 aromatic carbocycles. The molecule has 6 nitrogen and oxygen atoms in total. The average Bonchev–Trinajstić information content (AvgIpc) is 3.47. The zero-order valence-corrected chi connectivity index (χ0v) is 28.7. The Labute approximate surface area is 274 Å². The van der Waals surface area contributed by atoms with Crippen molar-refractivity contribution in [1.29, 1.82) is 0 Å². The smallest absolute Gasteiger partial charge is 0.232 e. The molecule has 1 heterocycles. The van der Waals surface area contributed by atoms with Crippen LogP contribution in [-0.2, 0) is 19.8 Å². The summed E-state index contributed by atoms with van der Waals surface area (Å²) in [6.45, 7) is 3.18. The minimum absolute atomic E-state index is 0.0741. The Morgan fingerprint density at radius 3 is 1.88 bits per heavy atom. The number of benzene rings is 2. The van der Waals surface area contributed by atoms with Gasteiger partial charge in [-0.05, 0) is 67.3 Å². The molecule has 9 heteroatoms. The first kappa shape index (κ1) is 36.5. The molecule has 1 saturated heterocycles. The summed E-state index contributed by atoms with van der Waals surface area (Å²) in [5.74, 6) is -0.0204. The van der Waals surface area contributed by atoms with Crippen LogP contribution in [0.1, 0.15) is 68.9 Å². The Morgan fingerprint density at radius 1 is 0.881 bits per heavy atom. The van der Waals surface area contributed by atoms with E-state index in [4.69, 9.17) is 17.3 Å². The molecule has 0 spiro atoms. The number of likely N-dealkylation sites (tertiary alicyclic amines) is 1. The first-order valence-electron chi connectivity index (χ1n) is 14.9. The lowest BCUT2D eigenvalue weighted by atomic mass is 9.64. The van der Waals surface area contributed by atoms with Crippen LogP contribution in [0.4, 0.5) is 0 Å². The van der Waals surface area contributed by atoms with Crippen molar-refractivity contribution in [2.45, 2.75) is 63.2 Å². The van der Waals surface area contributed by atoms with Gasteiger partial charge in [-0.1, -0.05) is 105 Å². The molecule has 232 valence electrons. The summed E-state index contributed by atoms with van der Waals surface area (Å²) in [4.78, 5) is 40.0. The van der Waals surface area contributed by atoms with Crippen LogP contribution in [0.2, 0.25) is 0 Å². The molecule has 1 aliphatic rings. The lowest BCUT2D eigenvalue weighted by Crippen LogP contribution is -2.49. The molecule has 0 bridgehead atoms. The quantitative estimate of drug-likeness (QED) is 0.109. The first-order valence-corrected chi connectivity index (χ1v) is 17.6. The maximum absolute atomic E-state index is 13.2. The highest BCUT2D eigenvalue weighted by atomic mass is 79.9. The standard InChI is InChI=1S/C27H36BrN3O2.C6H10BrClO/c1-30(25(32)15-9-4-10-17-28)19-20-31-18-16-24(21-31)27(26(29)33,22-11-5-2-6-12-22)23-13-7-3-8-14-23;7-5-3-1-2-4-6(8)9/h2-3,5-8,11-14,24H,4,9-10,15-21H2,1H3,(H2,29,33);1-5H2/t24-;/m1./s1. The maximum Gasteiger partial charge on any atom is 0.232 e. The van der Waals surface area contributed by atoms with Crippen LogP contribution in [0.3, 0.4) is 0 Å². The van der Waals surface area contributed by atoms with Crippen molar-refractivity contribution in [2.75, 3.05) is 43.9 Å². The normalized spacial score (nSPS) is 15.1. The third-order valence-corrected chi connectivity index (χ3v) is 9.25. The van der Waals surface area contributed by atoms with Gasteiger partial charge in [0.25, 0.3) is 0 Å². The third-order valence-electron chi connectivity index (χ3n) is 7.94. The van der Waals surface area contributed by atoms with Gasteiger partial charge >= 0.3 is 0 Å². The number of alkyl halides is 2. The van der Waals surface area contributed by atoms with E-state index in [9.17, 15) is 14.4 Å². The molecule has 2 N–H and O–H groups in total. The highest BCUT2D eigenvalue weighted by Gasteiger charge is 2.49. The van der Waals surface area contributed by atoms with E-state index in [1.54, 1.807) is 0 Å². The second-order valence-corrected chi connectivity index (χ2v) is 12.9. The number of amides is 2. The zero-order valence-electron chi connectivity index (χ0n) is 24.8. The molecule has 1 fully saturated rings. The summed E-state index contributed by atoms with van der Waals surface area (Å²) in [5.41, 5.74) is 7.21. The Morgan fingerprint density at radius 2 is 1.40 bits per heavy atom. The predicted molar refractivity (Wildman–Crippen MR) is 180 cm³/mol. The molecule has 2 amide bonds. The van der Waals surface area contributed by atoms with Gasteiger partial charge in [0.2, 0.25) is 17.1 Å². The molecule has 0 unspecified atom stereocenters. The van der Waals surface area contributed by atoms with Gasteiger partial charge in [0.05, 0.1) is 0 Å². The van der Waals surface area contributed by atoms with E-state index in [1.807, 2.05) is 72.6 Å². The van der Waals surface area contributed by atoms with Gasteiger partial charge in [-0.3, -0.25) is 14.4 Å². The molecule has 2 aromatic rings. The summed E-state index contributed by atoms with van der Waals surface area (Å²) >= 11 is 11.8. The molecule has 0 aliphatic carbocycles. The lowest BCUT2D eigenvalue weighted by molar-refractivity contribution is -0.130. The largest absolute Gasteiger partial charge is 0.369 e. The van der Waals surface area contributed by atoms with Gasteiger partial charge in [0, 0.05) is 50.2 Å². The predicted octanol–water partition coefficient (Wildman–Crippen LogP) is 6.90. The molecule has 0 saturated carbocycles. The van der Waals surface area contributed by atoms with Gasteiger partial charge < -0.3 is 15.5 Å². The summed E-state index contributed by atoms with van der Waals surface area (Å²) < 4.78 is 0. The summed E-state index contributed by atoms with van der Waals surface area (Å²) in [7, 11) is 1.89. The number of primary amides is 1. The number of unbranched alkanes of at least 4 members (excludes halogenated alkanes) is 4. The van der Waals surface area contributed by atoms with E-state index in [2.05, 4.69) is 36.8 Å². The Kier molecular flexibility index (Phi) is 17.6. The summed E-state index contributed by atoms with van der Waals surface area (Å²) in [5, 5.41) is 1.79. The molecular formula is C33H46Br2ClN3O3. The fraction of sp³-hybridized carbons (Fsp3) is 0.545. The van der Waals surface area contributed by atoms with Gasteiger partial charge in [-0.2, -0.15) is 0 Å². The minimum atomic E-state index is -0.867. The SMILES string of the molecule is CN(CCN1CC[C@@H](C(C(N)=O)(c2ccccc2)c2ccccc2)C1)C(=O)CCCCCBr.O=C(Cl)CCCCCBr. The Bertz CT molecular complexity index is 1040. The van der Waals surface area contributed by atoms with Crippen molar-refractivity contribution >= 4 is 60.5 Å². The third kappa shape index (κ3) is 11.4. The van der Waals surface area contributed by atoms with E-state index in [1.165, 1.54) is 0 Å². The van der Waals surface area contributed by atoms with E-state index < -0.39 is 5.41 Å². The number of carbonyl (C=O) groups is 3. The molecule has 0 aromatic heterocycles. The fourth-order valence-electron chi connectivity index (χ4n) is 5.60. The van der Waals surface area contributed by atoms with E-state index in [-0.39, 0.29) is 23.0 Å². The Hall–Kier alpha value is -1.74. The van der Waals surface area contributed by atoms with Crippen molar-refractivity contribution in [3.05, 3.63) is 71.8 Å². The molecule has 3 rings (SSSR count). The van der Waals surface area contributed by atoms with Crippen LogP contribution in [0.5, 0.6) is 0 Å². The van der Waals surface area contributed by atoms with Crippen molar-refractivity contribution in [3.8, 4) is 0 Å². The first-order chi connectivity index (χ1) is 20.3. The monoisotopic (exact) mass is 725 g/mol. The van der Waals surface area contributed by atoms with Gasteiger partial charge in [0.1, 0.15) is 5.41 Å². The highest BCUT2D eigenvalue weighted by molar-refractivity contribution is 9.09. The van der Waals surface area contributed by atoms with Gasteiger partial charge in [-0.15, -0.1) is 0 Å². The van der Waals surface area contributed by atoms with Crippen LogP contribution < -0.4 is 5.73 Å². The number of nitrogens with two attached hydrogens (primary N) is 1. The topological polar surface area (TPSA) is 83.7 Å². The number of hydrogen-bond donors (Lipinski definition) is 1. The maximum atomic E-state index is 13.2. The van der Waals surface area contributed by atoms with Crippen molar-refractivity contribution in [2.24, 2.45) is 11.7 Å². The molecule has 1 aliphatic heterocycles. The molecule has 0 radical (unpaired) electrons. The van der Waals surface area contributed by atoms with Crippen molar-refractivity contribution in [3.63, 3.8) is 0 Å². The van der Waals surface area contributed by atoms with Crippen LogP contribution in [0, 0.1) is 5.92 Å². The van der Waals surface area contributed by atoms with E-state index in [0.29, 0.717) is 19.4 Å². The van der Waals surface area contributed by atoms with Gasteiger partial charge in [-0.25, -0.2) is 0 Å². The zero-order chi connectivity index (χ0) is 30.8. The summed E-state index contributed by atoms with van der Waals surface area (Å²) in [6.07, 6.45) is 8.28. The second-order valence-electron chi connectivity index (χ2n) is 10.9. The van der Waals surface area contributed by atoms with Crippen LogP contribution in [-0.4, -0.2) is 70.7 Å². The molecule has 42 heavy (non-hydrogen) atoms. The number of halogens is 3. The van der Waals surface area contributed by atoms with Crippen molar-refractivity contribution in [1.82, 2.24) is 9.80 Å². The Balaban J connectivity index is 0.000000592. The van der Waals surface area contributed by atoms with Crippen LogP contribution in [0.15, 0.2) is 60.7 Å². The minimum Gasteiger partial charge on any atom is -0.369 e. The number of rotatable bonds is 17. The second kappa shape index (κ2) is 20.3. The lowest BCUT2D eigenvalue weighted by Gasteiger charge is -2.37. The molecular weight excluding hydrogens is 682 g/mol. The van der Waals surface area contributed by atoms with Crippen molar-refractivity contribution < 1.29 is 14.4 Å². The molecule has 1 atom stereocenters. The fourth-order valence-corrected chi connectivity index (χ4v) is 6.53.